The molecule has 0 bridgehead atoms. The summed E-state index contributed by atoms with van der Waals surface area (Å²) in [4.78, 5) is 13.3. The molecule has 1 N–H and O–H groups in total. The van der Waals surface area contributed by atoms with Crippen molar-refractivity contribution in [1.29, 1.82) is 0 Å². The van der Waals surface area contributed by atoms with E-state index in [1.807, 2.05) is 0 Å². The van der Waals surface area contributed by atoms with Crippen molar-refractivity contribution in [2.75, 3.05) is 35.1 Å². The molecule has 1 heterocycles. The molecule has 1 amide bonds. The van der Waals surface area contributed by atoms with Crippen molar-refractivity contribution < 1.29 is 13.2 Å². The second-order valence-electron chi connectivity index (χ2n) is 7.45. The van der Waals surface area contributed by atoms with E-state index in [9.17, 15) is 13.2 Å². The summed E-state index contributed by atoms with van der Waals surface area (Å²) < 4.78 is 26.2. The first-order valence-corrected chi connectivity index (χ1v) is 12.3. The van der Waals surface area contributed by atoms with Crippen LogP contribution in [0.1, 0.15) is 18.4 Å². The molecule has 0 aliphatic carbocycles. The summed E-state index contributed by atoms with van der Waals surface area (Å²) in [6.07, 6.45) is 4.04. The molecule has 0 spiro atoms. The molecule has 0 saturated carbocycles. The normalized spacial score (nSPS) is 15.0. The van der Waals surface area contributed by atoms with Crippen LogP contribution >= 0.6 is 23.2 Å². The second kappa shape index (κ2) is 10.0. The summed E-state index contributed by atoms with van der Waals surface area (Å²) in [5.74, 6) is 0.452. The number of hydrogen-bond donors (Lipinski definition) is 1. The van der Waals surface area contributed by atoms with E-state index >= 15 is 0 Å². The van der Waals surface area contributed by atoms with Gasteiger partial charge in [-0.2, -0.15) is 0 Å². The van der Waals surface area contributed by atoms with Gasteiger partial charge in [0, 0.05) is 12.2 Å². The van der Waals surface area contributed by atoms with Crippen molar-refractivity contribution in [3.8, 4) is 0 Å². The molecule has 1 fully saturated rings. The molecular formula is C21H25Cl2N3O3S. The quantitative estimate of drug-likeness (QED) is 0.594. The van der Waals surface area contributed by atoms with Crippen LogP contribution in [-0.4, -0.2) is 40.7 Å². The number of sulfonamides is 1. The molecule has 0 atom stereocenters. The minimum Gasteiger partial charge on any atom is -0.317 e. The largest absolute Gasteiger partial charge is 0.317 e. The average molecular weight is 470 g/mol. The molecule has 9 heteroatoms. The van der Waals surface area contributed by atoms with E-state index < -0.39 is 10.0 Å². The van der Waals surface area contributed by atoms with Crippen LogP contribution in [0.25, 0.3) is 0 Å². The maximum Gasteiger partial charge on any atom is 0.232 e. The van der Waals surface area contributed by atoms with Crippen LogP contribution in [0.5, 0.6) is 0 Å². The topological polar surface area (TPSA) is 69.7 Å². The summed E-state index contributed by atoms with van der Waals surface area (Å²) in [7, 11) is -3.57. The Kier molecular flexibility index (Phi) is 7.63. The van der Waals surface area contributed by atoms with E-state index in [2.05, 4.69) is 5.32 Å². The third-order valence-corrected chi connectivity index (χ3v) is 7.25. The van der Waals surface area contributed by atoms with Gasteiger partial charge in [-0.05, 0) is 67.7 Å². The van der Waals surface area contributed by atoms with E-state index in [-0.39, 0.29) is 6.54 Å². The fourth-order valence-corrected chi connectivity index (χ4v) is 4.85. The third-order valence-electron chi connectivity index (χ3n) is 5.26. The van der Waals surface area contributed by atoms with E-state index in [1.165, 1.54) is 4.31 Å². The molecule has 0 unspecified atom stereocenters. The van der Waals surface area contributed by atoms with Gasteiger partial charge in [-0.1, -0.05) is 35.3 Å². The summed E-state index contributed by atoms with van der Waals surface area (Å²) in [5.41, 5.74) is 1.84. The first-order valence-electron chi connectivity index (χ1n) is 9.73. The van der Waals surface area contributed by atoms with Gasteiger partial charge in [-0.3, -0.25) is 9.10 Å². The first kappa shape index (κ1) is 22.9. The highest BCUT2D eigenvalue weighted by atomic mass is 35.5. The number of piperidine rings is 1. The highest BCUT2D eigenvalue weighted by Gasteiger charge is 2.21. The maximum atomic E-state index is 12.4. The lowest BCUT2D eigenvalue weighted by molar-refractivity contribution is -0.107. The number of rotatable bonds is 8. The number of halogens is 2. The zero-order chi connectivity index (χ0) is 21.7. The molecule has 2 aromatic carbocycles. The predicted octanol–water partition coefficient (Wildman–Crippen LogP) is 3.92. The van der Waals surface area contributed by atoms with Gasteiger partial charge >= 0.3 is 0 Å². The Bertz CT molecular complexity index is 977. The molecule has 1 aliphatic heterocycles. The smallest absolute Gasteiger partial charge is 0.232 e. The Hall–Kier alpha value is -1.80. The Morgan fingerprint density at radius 2 is 1.70 bits per heavy atom. The maximum absolute atomic E-state index is 12.4. The lowest BCUT2D eigenvalue weighted by Crippen LogP contribution is -2.35. The van der Waals surface area contributed by atoms with Crippen LogP contribution < -0.4 is 14.5 Å². The van der Waals surface area contributed by atoms with Crippen molar-refractivity contribution >= 4 is 51.0 Å². The van der Waals surface area contributed by atoms with Crippen molar-refractivity contribution in [3.05, 3.63) is 58.1 Å². The summed E-state index contributed by atoms with van der Waals surface area (Å²) in [6, 6.07) is 12.1. The summed E-state index contributed by atoms with van der Waals surface area (Å²) >= 11 is 12.3. The molecule has 162 valence electrons. The SMILES string of the molecule is CS(=O)(=O)N(Cc1cccc(Cl)c1Cl)c1ccc(N(C=O)CC2CCNCC2)cc1. The average Bonchev–Trinajstić information content (AvgIpc) is 2.73. The van der Waals surface area contributed by atoms with Crippen LogP contribution in [0.3, 0.4) is 0 Å². The fraction of sp³-hybridized carbons (Fsp3) is 0.381. The van der Waals surface area contributed by atoms with Gasteiger partial charge in [-0.25, -0.2) is 8.42 Å². The molecule has 0 radical (unpaired) electrons. The van der Waals surface area contributed by atoms with Gasteiger partial charge in [0.15, 0.2) is 0 Å². The van der Waals surface area contributed by atoms with E-state index in [0.717, 1.165) is 44.3 Å². The predicted molar refractivity (Wildman–Crippen MR) is 123 cm³/mol. The molecule has 6 nitrogen and oxygen atoms in total. The van der Waals surface area contributed by atoms with Gasteiger partial charge < -0.3 is 10.2 Å². The van der Waals surface area contributed by atoms with Crippen LogP contribution in [0.2, 0.25) is 10.0 Å². The molecule has 3 rings (SSSR count). The van der Waals surface area contributed by atoms with Gasteiger partial charge in [0.2, 0.25) is 16.4 Å². The summed E-state index contributed by atoms with van der Waals surface area (Å²) in [6.45, 7) is 2.64. The highest BCUT2D eigenvalue weighted by molar-refractivity contribution is 7.92. The van der Waals surface area contributed by atoms with E-state index in [1.54, 1.807) is 47.4 Å². The number of anilines is 2. The minimum absolute atomic E-state index is 0.0596. The van der Waals surface area contributed by atoms with Crippen LogP contribution in [-0.2, 0) is 21.4 Å². The number of nitrogens with one attached hydrogen (secondary N) is 1. The second-order valence-corrected chi connectivity index (χ2v) is 10.1. The zero-order valence-corrected chi connectivity index (χ0v) is 19.1. The molecule has 1 saturated heterocycles. The highest BCUT2D eigenvalue weighted by Crippen LogP contribution is 2.30. The Morgan fingerprint density at radius 3 is 2.30 bits per heavy atom. The van der Waals surface area contributed by atoms with E-state index in [0.29, 0.717) is 33.8 Å². The van der Waals surface area contributed by atoms with Crippen molar-refractivity contribution in [2.24, 2.45) is 5.92 Å². The third kappa shape index (κ3) is 5.66. The van der Waals surface area contributed by atoms with Gasteiger partial charge in [0.1, 0.15) is 0 Å². The Morgan fingerprint density at radius 1 is 1.07 bits per heavy atom. The van der Waals surface area contributed by atoms with Gasteiger partial charge in [-0.15, -0.1) is 0 Å². The zero-order valence-electron chi connectivity index (χ0n) is 16.7. The summed E-state index contributed by atoms with van der Waals surface area (Å²) in [5, 5.41) is 4.02. The van der Waals surface area contributed by atoms with Crippen molar-refractivity contribution in [1.82, 2.24) is 5.32 Å². The van der Waals surface area contributed by atoms with E-state index in [4.69, 9.17) is 23.2 Å². The minimum atomic E-state index is -3.57. The molecular weight excluding hydrogens is 445 g/mol. The molecule has 1 aliphatic rings. The molecule has 30 heavy (non-hydrogen) atoms. The number of amides is 1. The standard InChI is InChI=1S/C21H25Cl2N3O3S/c1-30(28,29)26(14-17-3-2-4-20(22)21(17)23)19-7-5-18(6-8-19)25(15-27)13-16-9-11-24-12-10-16/h2-8,15-16,24H,9-14H2,1H3. The Labute approximate surface area is 187 Å². The monoisotopic (exact) mass is 469 g/mol. The van der Waals surface area contributed by atoms with Crippen LogP contribution in [0, 0.1) is 5.92 Å². The fourth-order valence-electron chi connectivity index (χ4n) is 3.59. The van der Waals surface area contributed by atoms with Crippen LogP contribution in [0.15, 0.2) is 42.5 Å². The number of carbonyl (C=O) groups is 1. The van der Waals surface area contributed by atoms with Crippen molar-refractivity contribution in [3.63, 3.8) is 0 Å². The van der Waals surface area contributed by atoms with Gasteiger partial charge in [0.05, 0.1) is 28.5 Å². The van der Waals surface area contributed by atoms with Crippen molar-refractivity contribution in [2.45, 2.75) is 19.4 Å². The molecule has 0 aromatic heterocycles. The number of carbonyl (C=O) groups excluding carboxylic acids is 1. The number of nitrogens with zero attached hydrogens (tertiary/aromatic N) is 2. The van der Waals surface area contributed by atoms with Crippen LogP contribution in [0.4, 0.5) is 11.4 Å². The first-order chi connectivity index (χ1) is 14.3. The lowest BCUT2D eigenvalue weighted by atomic mass is 9.97. The lowest BCUT2D eigenvalue weighted by Gasteiger charge is -2.28. The number of hydrogen-bond acceptors (Lipinski definition) is 4. The van der Waals surface area contributed by atoms with Gasteiger partial charge in [0.25, 0.3) is 0 Å². The molecule has 2 aromatic rings. The number of benzene rings is 2. The Balaban J connectivity index is 1.81.